The number of halogens is 1. The average molecular weight is 344 g/mol. The zero-order valence-electron chi connectivity index (χ0n) is 11.5. The molecule has 1 heterocycles. The van der Waals surface area contributed by atoms with E-state index in [2.05, 4.69) is 26.1 Å². The van der Waals surface area contributed by atoms with E-state index in [-0.39, 0.29) is 0 Å². The van der Waals surface area contributed by atoms with Crippen LogP contribution in [0, 0.1) is 6.92 Å². The van der Waals surface area contributed by atoms with E-state index in [1.165, 1.54) is 0 Å². The quantitative estimate of drug-likeness (QED) is 0.730. The van der Waals surface area contributed by atoms with Gasteiger partial charge in [-0.3, -0.25) is 0 Å². The molecule has 2 aromatic carbocycles. The SMILES string of the molecule is Cc1cc(-c2nc(Cc3cccc(Br)c3)no2)ccc1N. The Hall–Kier alpha value is -2.14. The summed E-state index contributed by atoms with van der Waals surface area (Å²) in [5, 5.41) is 4.04. The first kappa shape index (κ1) is 13.8. The number of aromatic nitrogens is 2. The first-order valence-corrected chi connectivity index (χ1v) is 7.34. The van der Waals surface area contributed by atoms with Crippen LogP contribution in [0.4, 0.5) is 5.69 Å². The first-order chi connectivity index (χ1) is 10.1. The molecule has 2 N–H and O–H groups in total. The van der Waals surface area contributed by atoms with Gasteiger partial charge in [0.05, 0.1) is 0 Å². The second-order valence-corrected chi connectivity index (χ2v) is 5.81. The second-order valence-electron chi connectivity index (χ2n) is 4.89. The highest BCUT2D eigenvalue weighted by Gasteiger charge is 2.10. The van der Waals surface area contributed by atoms with Crippen molar-refractivity contribution in [2.75, 3.05) is 5.73 Å². The van der Waals surface area contributed by atoms with Crippen LogP contribution in [0.15, 0.2) is 51.5 Å². The number of hydrogen-bond acceptors (Lipinski definition) is 4. The van der Waals surface area contributed by atoms with E-state index in [1.54, 1.807) is 0 Å². The van der Waals surface area contributed by atoms with E-state index in [4.69, 9.17) is 10.3 Å². The normalized spacial score (nSPS) is 10.8. The molecule has 0 saturated heterocycles. The number of hydrogen-bond donors (Lipinski definition) is 1. The second kappa shape index (κ2) is 5.69. The van der Waals surface area contributed by atoms with Crippen LogP contribution < -0.4 is 5.73 Å². The van der Waals surface area contributed by atoms with E-state index in [1.807, 2.05) is 49.4 Å². The minimum absolute atomic E-state index is 0.517. The zero-order valence-corrected chi connectivity index (χ0v) is 13.1. The number of nitrogens with two attached hydrogens (primary N) is 1. The van der Waals surface area contributed by atoms with E-state index >= 15 is 0 Å². The number of nitrogens with zero attached hydrogens (tertiary/aromatic N) is 2. The highest BCUT2D eigenvalue weighted by Crippen LogP contribution is 2.22. The fraction of sp³-hybridized carbons (Fsp3) is 0.125. The standard InChI is InChI=1S/C16H14BrN3O/c1-10-7-12(5-6-14(10)18)16-19-15(20-21-16)9-11-3-2-4-13(17)8-11/h2-8H,9,18H2,1H3. The van der Waals surface area contributed by atoms with E-state index < -0.39 is 0 Å². The molecule has 0 radical (unpaired) electrons. The smallest absolute Gasteiger partial charge is 0.257 e. The van der Waals surface area contributed by atoms with Gasteiger partial charge in [0.15, 0.2) is 5.82 Å². The third-order valence-electron chi connectivity index (χ3n) is 3.24. The van der Waals surface area contributed by atoms with Crippen LogP contribution in [-0.4, -0.2) is 10.1 Å². The Morgan fingerprint density at radius 2 is 2.05 bits per heavy atom. The van der Waals surface area contributed by atoms with Gasteiger partial charge in [-0.15, -0.1) is 0 Å². The van der Waals surface area contributed by atoms with Crippen molar-refractivity contribution in [3.8, 4) is 11.5 Å². The van der Waals surface area contributed by atoms with Gasteiger partial charge in [-0.2, -0.15) is 4.98 Å². The summed E-state index contributed by atoms with van der Waals surface area (Å²) in [7, 11) is 0. The molecule has 3 aromatic rings. The predicted octanol–water partition coefficient (Wildman–Crippen LogP) is 3.98. The highest BCUT2D eigenvalue weighted by molar-refractivity contribution is 9.10. The summed E-state index contributed by atoms with van der Waals surface area (Å²) < 4.78 is 6.37. The van der Waals surface area contributed by atoms with Gasteiger partial charge in [-0.05, 0) is 48.4 Å². The lowest BCUT2D eigenvalue weighted by molar-refractivity contribution is 0.424. The lowest BCUT2D eigenvalue weighted by atomic mass is 10.1. The lowest BCUT2D eigenvalue weighted by Crippen LogP contribution is -1.91. The Labute approximate surface area is 131 Å². The van der Waals surface area contributed by atoms with Crippen LogP contribution in [0.1, 0.15) is 17.0 Å². The molecule has 0 fully saturated rings. The number of benzene rings is 2. The minimum Gasteiger partial charge on any atom is -0.399 e. The highest BCUT2D eigenvalue weighted by atomic mass is 79.9. The molecule has 0 bridgehead atoms. The molecule has 0 aliphatic rings. The van der Waals surface area contributed by atoms with Crippen LogP contribution in [0.5, 0.6) is 0 Å². The molecule has 0 spiro atoms. The molecule has 106 valence electrons. The molecular formula is C16H14BrN3O. The van der Waals surface area contributed by atoms with Gasteiger partial charge in [0.1, 0.15) is 0 Å². The predicted molar refractivity (Wildman–Crippen MR) is 85.8 cm³/mol. The van der Waals surface area contributed by atoms with Gasteiger partial charge in [0.2, 0.25) is 0 Å². The summed E-state index contributed by atoms with van der Waals surface area (Å²) in [6, 6.07) is 13.7. The number of rotatable bonds is 3. The van der Waals surface area contributed by atoms with Gasteiger partial charge >= 0.3 is 0 Å². The Balaban J connectivity index is 1.84. The average Bonchev–Trinajstić information content (AvgIpc) is 2.90. The molecule has 1 aromatic heterocycles. The van der Waals surface area contributed by atoms with E-state index in [0.29, 0.717) is 18.1 Å². The van der Waals surface area contributed by atoms with Crippen molar-refractivity contribution in [1.82, 2.24) is 10.1 Å². The first-order valence-electron chi connectivity index (χ1n) is 6.55. The molecule has 0 unspecified atom stereocenters. The molecular weight excluding hydrogens is 330 g/mol. The Bertz CT molecular complexity index is 783. The lowest BCUT2D eigenvalue weighted by Gasteiger charge is -2.00. The van der Waals surface area contributed by atoms with Crippen LogP contribution in [-0.2, 0) is 6.42 Å². The number of nitrogen functional groups attached to an aromatic ring is 1. The third kappa shape index (κ3) is 3.13. The Morgan fingerprint density at radius 3 is 2.81 bits per heavy atom. The summed E-state index contributed by atoms with van der Waals surface area (Å²) in [5.41, 5.74) is 9.59. The monoisotopic (exact) mass is 343 g/mol. The van der Waals surface area contributed by atoms with Gasteiger partial charge in [0.25, 0.3) is 5.89 Å². The fourth-order valence-corrected chi connectivity index (χ4v) is 2.53. The number of aryl methyl sites for hydroxylation is 1. The molecule has 0 aliphatic heterocycles. The van der Waals surface area contributed by atoms with E-state index in [9.17, 15) is 0 Å². The Morgan fingerprint density at radius 1 is 1.19 bits per heavy atom. The summed E-state index contributed by atoms with van der Waals surface area (Å²) in [5.74, 6) is 1.18. The van der Waals surface area contributed by atoms with Crippen molar-refractivity contribution in [2.24, 2.45) is 0 Å². The molecule has 4 nitrogen and oxygen atoms in total. The number of anilines is 1. The third-order valence-corrected chi connectivity index (χ3v) is 3.73. The van der Waals surface area contributed by atoms with Gasteiger partial charge in [0, 0.05) is 22.1 Å². The van der Waals surface area contributed by atoms with Gasteiger partial charge in [-0.25, -0.2) is 0 Å². The van der Waals surface area contributed by atoms with Crippen molar-refractivity contribution < 1.29 is 4.52 Å². The van der Waals surface area contributed by atoms with Crippen LogP contribution >= 0.6 is 15.9 Å². The molecule has 0 aliphatic carbocycles. The van der Waals surface area contributed by atoms with Crippen LogP contribution in [0.2, 0.25) is 0 Å². The van der Waals surface area contributed by atoms with Crippen molar-refractivity contribution in [2.45, 2.75) is 13.3 Å². The topological polar surface area (TPSA) is 64.9 Å². The molecule has 5 heteroatoms. The molecule has 3 rings (SSSR count). The molecule has 21 heavy (non-hydrogen) atoms. The maximum absolute atomic E-state index is 5.82. The van der Waals surface area contributed by atoms with Crippen molar-refractivity contribution in [1.29, 1.82) is 0 Å². The maximum Gasteiger partial charge on any atom is 0.257 e. The van der Waals surface area contributed by atoms with E-state index in [0.717, 1.165) is 26.9 Å². The summed E-state index contributed by atoms with van der Waals surface area (Å²) in [6.07, 6.45) is 0.636. The molecule has 0 amide bonds. The van der Waals surface area contributed by atoms with Crippen molar-refractivity contribution in [3.05, 3.63) is 63.9 Å². The largest absolute Gasteiger partial charge is 0.399 e. The zero-order chi connectivity index (χ0) is 14.8. The molecule has 0 saturated carbocycles. The Kier molecular flexibility index (Phi) is 3.75. The van der Waals surface area contributed by atoms with Crippen LogP contribution in [0.3, 0.4) is 0 Å². The summed E-state index contributed by atoms with van der Waals surface area (Å²) in [6.45, 7) is 1.96. The minimum atomic E-state index is 0.517. The summed E-state index contributed by atoms with van der Waals surface area (Å²) in [4.78, 5) is 4.44. The van der Waals surface area contributed by atoms with Gasteiger partial charge < -0.3 is 10.3 Å². The van der Waals surface area contributed by atoms with Crippen molar-refractivity contribution in [3.63, 3.8) is 0 Å². The summed E-state index contributed by atoms with van der Waals surface area (Å²) >= 11 is 3.46. The van der Waals surface area contributed by atoms with Crippen molar-refractivity contribution >= 4 is 21.6 Å². The fourth-order valence-electron chi connectivity index (χ4n) is 2.08. The van der Waals surface area contributed by atoms with Crippen LogP contribution in [0.25, 0.3) is 11.5 Å². The maximum atomic E-state index is 5.82. The van der Waals surface area contributed by atoms with Gasteiger partial charge in [-0.1, -0.05) is 33.2 Å². The molecule has 0 atom stereocenters.